The standard InChI is InChI=1S/C23H18F4N4O2/c24-18-3-1-2-17(20(18)25)14-8-16(12-28-11-14)31-21(32)13-5-7-29-19(9-13)22(33)30-15-4-6-23(26,27)10-15/h1-3,5,7-9,11-12,15H,4,6,10H2,(H,30,33)(H,31,32). The number of nitrogens with zero attached hydrogens (tertiary/aromatic N) is 2. The Morgan fingerprint density at radius 1 is 1.06 bits per heavy atom. The van der Waals surface area contributed by atoms with Crippen molar-refractivity contribution in [2.24, 2.45) is 0 Å². The predicted octanol–water partition coefficient (Wildman–Crippen LogP) is 4.59. The predicted molar refractivity (Wildman–Crippen MR) is 112 cm³/mol. The summed E-state index contributed by atoms with van der Waals surface area (Å²) in [6.45, 7) is 0. The van der Waals surface area contributed by atoms with E-state index in [9.17, 15) is 27.2 Å². The zero-order chi connectivity index (χ0) is 23.6. The molecule has 6 nitrogen and oxygen atoms in total. The lowest BCUT2D eigenvalue weighted by molar-refractivity contribution is 0.00709. The van der Waals surface area contributed by atoms with Gasteiger partial charge in [0.2, 0.25) is 5.92 Å². The van der Waals surface area contributed by atoms with E-state index in [0.717, 1.165) is 6.07 Å². The van der Waals surface area contributed by atoms with Crippen molar-refractivity contribution >= 4 is 17.5 Å². The Morgan fingerprint density at radius 3 is 2.64 bits per heavy atom. The number of rotatable bonds is 5. The van der Waals surface area contributed by atoms with E-state index in [0.29, 0.717) is 0 Å². The number of nitrogens with one attached hydrogen (secondary N) is 2. The van der Waals surface area contributed by atoms with Gasteiger partial charge in [-0.2, -0.15) is 0 Å². The average Bonchev–Trinajstić information content (AvgIpc) is 3.14. The molecule has 0 radical (unpaired) electrons. The van der Waals surface area contributed by atoms with Crippen LogP contribution in [-0.4, -0.2) is 33.7 Å². The van der Waals surface area contributed by atoms with E-state index in [2.05, 4.69) is 20.6 Å². The number of pyridine rings is 2. The molecule has 0 bridgehead atoms. The third-order valence-corrected chi connectivity index (χ3v) is 5.25. The number of hydrogen-bond acceptors (Lipinski definition) is 4. The van der Waals surface area contributed by atoms with Crippen LogP contribution in [0.15, 0.2) is 55.0 Å². The summed E-state index contributed by atoms with van der Waals surface area (Å²) in [4.78, 5) is 32.9. The topological polar surface area (TPSA) is 84.0 Å². The third kappa shape index (κ3) is 5.16. The maximum Gasteiger partial charge on any atom is 0.270 e. The number of hydrogen-bond donors (Lipinski definition) is 2. The van der Waals surface area contributed by atoms with E-state index < -0.39 is 41.8 Å². The molecule has 1 unspecified atom stereocenters. The smallest absolute Gasteiger partial charge is 0.270 e. The molecule has 1 saturated carbocycles. The van der Waals surface area contributed by atoms with Gasteiger partial charge in [-0.25, -0.2) is 17.6 Å². The number of anilines is 1. The van der Waals surface area contributed by atoms with Crippen molar-refractivity contribution < 1.29 is 27.2 Å². The van der Waals surface area contributed by atoms with Gasteiger partial charge in [0.15, 0.2) is 11.6 Å². The summed E-state index contributed by atoms with van der Waals surface area (Å²) in [5.74, 6) is -6.10. The fourth-order valence-electron chi connectivity index (χ4n) is 3.61. The first-order valence-electron chi connectivity index (χ1n) is 10.1. The highest BCUT2D eigenvalue weighted by Crippen LogP contribution is 2.34. The van der Waals surface area contributed by atoms with Gasteiger partial charge in [0.1, 0.15) is 5.69 Å². The minimum Gasteiger partial charge on any atom is -0.348 e. The van der Waals surface area contributed by atoms with Crippen molar-refractivity contribution in [1.29, 1.82) is 0 Å². The Balaban J connectivity index is 1.47. The van der Waals surface area contributed by atoms with Gasteiger partial charge >= 0.3 is 0 Å². The van der Waals surface area contributed by atoms with Crippen LogP contribution in [0.4, 0.5) is 23.2 Å². The van der Waals surface area contributed by atoms with E-state index in [1.807, 2.05) is 0 Å². The highest BCUT2D eigenvalue weighted by Gasteiger charge is 2.40. The van der Waals surface area contributed by atoms with E-state index >= 15 is 0 Å². The van der Waals surface area contributed by atoms with E-state index in [4.69, 9.17) is 0 Å². The van der Waals surface area contributed by atoms with Gasteiger partial charge in [-0.05, 0) is 30.7 Å². The van der Waals surface area contributed by atoms with Crippen LogP contribution < -0.4 is 10.6 Å². The number of carbonyl (C=O) groups is 2. The number of benzene rings is 1. The molecule has 170 valence electrons. The van der Waals surface area contributed by atoms with Crippen LogP contribution in [0.3, 0.4) is 0 Å². The van der Waals surface area contributed by atoms with Crippen LogP contribution in [0, 0.1) is 11.6 Å². The number of amides is 2. The van der Waals surface area contributed by atoms with Gasteiger partial charge in [0.05, 0.1) is 11.9 Å². The quantitative estimate of drug-likeness (QED) is 0.548. The highest BCUT2D eigenvalue weighted by atomic mass is 19.3. The van der Waals surface area contributed by atoms with Crippen molar-refractivity contribution in [3.05, 3.63) is 77.9 Å². The Labute approximate surface area is 186 Å². The number of halogens is 4. The lowest BCUT2D eigenvalue weighted by atomic mass is 10.1. The van der Waals surface area contributed by atoms with E-state index in [-0.39, 0.29) is 40.9 Å². The summed E-state index contributed by atoms with van der Waals surface area (Å²) in [7, 11) is 0. The molecule has 0 saturated heterocycles. The molecule has 2 heterocycles. The first-order chi connectivity index (χ1) is 15.7. The first kappa shape index (κ1) is 22.4. The molecule has 1 aliphatic rings. The summed E-state index contributed by atoms with van der Waals surface area (Å²) in [6, 6.07) is 7.11. The normalized spacial score (nSPS) is 16.9. The van der Waals surface area contributed by atoms with Crippen molar-refractivity contribution in [2.45, 2.75) is 31.2 Å². The van der Waals surface area contributed by atoms with E-state index in [1.54, 1.807) is 0 Å². The maximum atomic E-state index is 14.1. The summed E-state index contributed by atoms with van der Waals surface area (Å²) < 4.78 is 54.3. The second-order valence-corrected chi connectivity index (χ2v) is 7.72. The fourth-order valence-corrected chi connectivity index (χ4v) is 3.61. The van der Waals surface area contributed by atoms with Gasteiger partial charge in [0.25, 0.3) is 11.8 Å². The van der Waals surface area contributed by atoms with Crippen molar-refractivity contribution in [1.82, 2.24) is 15.3 Å². The molecule has 2 N–H and O–H groups in total. The van der Waals surface area contributed by atoms with Gasteiger partial charge in [-0.3, -0.25) is 19.6 Å². The van der Waals surface area contributed by atoms with Crippen LogP contribution in [0.5, 0.6) is 0 Å². The largest absolute Gasteiger partial charge is 0.348 e. The van der Waals surface area contributed by atoms with Crippen LogP contribution in [0.25, 0.3) is 11.1 Å². The van der Waals surface area contributed by atoms with Gasteiger partial charge in [-0.1, -0.05) is 12.1 Å². The molecule has 3 aromatic rings. The molecule has 2 aromatic heterocycles. The number of carbonyl (C=O) groups excluding carboxylic acids is 2. The Hall–Kier alpha value is -3.82. The summed E-state index contributed by atoms with van der Waals surface area (Å²) >= 11 is 0. The average molecular weight is 458 g/mol. The minimum atomic E-state index is -2.80. The Kier molecular flexibility index (Phi) is 6.08. The molecule has 1 aliphatic carbocycles. The SMILES string of the molecule is O=C(Nc1cncc(-c2cccc(F)c2F)c1)c1ccnc(C(=O)NC2CCC(F)(F)C2)c1. The fraction of sp³-hybridized carbons (Fsp3) is 0.217. The minimum absolute atomic E-state index is 0.0149. The molecule has 1 atom stereocenters. The highest BCUT2D eigenvalue weighted by molar-refractivity contribution is 6.05. The van der Waals surface area contributed by atoms with Crippen molar-refractivity contribution in [3.8, 4) is 11.1 Å². The van der Waals surface area contributed by atoms with Crippen LogP contribution in [0.1, 0.15) is 40.1 Å². The van der Waals surface area contributed by atoms with Crippen LogP contribution >= 0.6 is 0 Å². The number of alkyl halides is 2. The molecular weight excluding hydrogens is 440 g/mol. The second kappa shape index (κ2) is 8.97. The molecule has 4 rings (SSSR count). The van der Waals surface area contributed by atoms with Crippen LogP contribution in [0.2, 0.25) is 0 Å². The Bertz CT molecular complexity index is 1220. The molecule has 0 aliphatic heterocycles. The maximum absolute atomic E-state index is 14.1. The van der Waals surface area contributed by atoms with E-state index in [1.165, 1.54) is 48.9 Å². The van der Waals surface area contributed by atoms with Crippen molar-refractivity contribution in [3.63, 3.8) is 0 Å². The molecule has 10 heteroatoms. The first-order valence-corrected chi connectivity index (χ1v) is 10.1. The van der Waals surface area contributed by atoms with Gasteiger partial charge in [-0.15, -0.1) is 0 Å². The molecule has 1 fully saturated rings. The molecule has 2 amide bonds. The van der Waals surface area contributed by atoms with Gasteiger partial charge in [0, 0.05) is 48.0 Å². The zero-order valence-electron chi connectivity index (χ0n) is 17.1. The molecule has 33 heavy (non-hydrogen) atoms. The molecule has 0 spiro atoms. The lowest BCUT2D eigenvalue weighted by Gasteiger charge is -2.13. The summed E-state index contributed by atoms with van der Waals surface area (Å²) in [6.07, 6.45) is 3.34. The lowest BCUT2D eigenvalue weighted by Crippen LogP contribution is -2.34. The van der Waals surface area contributed by atoms with Gasteiger partial charge < -0.3 is 10.6 Å². The number of aromatic nitrogens is 2. The summed E-state index contributed by atoms with van der Waals surface area (Å²) in [5, 5.41) is 5.09. The monoisotopic (exact) mass is 458 g/mol. The molecular formula is C23H18F4N4O2. The third-order valence-electron chi connectivity index (χ3n) is 5.25. The van der Waals surface area contributed by atoms with Crippen LogP contribution in [-0.2, 0) is 0 Å². The van der Waals surface area contributed by atoms with Crippen molar-refractivity contribution in [2.75, 3.05) is 5.32 Å². The molecule has 1 aromatic carbocycles. The zero-order valence-corrected chi connectivity index (χ0v) is 17.1. The summed E-state index contributed by atoms with van der Waals surface area (Å²) in [5.41, 5.74) is 0.463. The Morgan fingerprint density at radius 2 is 1.88 bits per heavy atom. The second-order valence-electron chi connectivity index (χ2n) is 7.72.